The second-order valence-corrected chi connectivity index (χ2v) is 5.72. The SMILES string of the molecule is CC(C)CN(CCC(C)(C)N)C(C)C. The Kier molecular flexibility index (Phi) is 5.68. The second-order valence-electron chi connectivity index (χ2n) is 5.72. The van der Waals surface area contributed by atoms with Crippen LogP contribution in [0.15, 0.2) is 0 Å². The van der Waals surface area contributed by atoms with Crippen molar-refractivity contribution >= 4 is 0 Å². The van der Waals surface area contributed by atoms with Crippen LogP contribution in [0.4, 0.5) is 0 Å². The van der Waals surface area contributed by atoms with Gasteiger partial charge in [-0.15, -0.1) is 0 Å². The average Bonchev–Trinajstić information content (AvgIpc) is 1.94. The van der Waals surface area contributed by atoms with E-state index in [1.54, 1.807) is 0 Å². The molecular formula is C12H28N2. The molecule has 0 atom stereocenters. The lowest BCUT2D eigenvalue weighted by atomic mass is 10.0. The number of hydrogen-bond donors (Lipinski definition) is 1. The molecule has 2 heteroatoms. The maximum absolute atomic E-state index is 5.99. The molecule has 0 bridgehead atoms. The summed E-state index contributed by atoms with van der Waals surface area (Å²) in [5.74, 6) is 0.735. The summed E-state index contributed by atoms with van der Waals surface area (Å²) in [6.07, 6.45) is 1.07. The highest BCUT2D eigenvalue weighted by molar-refractivity contribution is 4.75. The lowest BCUT2D eigenvalue weighted by molar-refractivity contribution is 0.182. The van der Waals surface area contributed by atoms with Gasteiger partial charge in [0.2, 0.25) is 0 Å². The molecule has 0 aromatic carbocycles. The van der Waals surface area contributed by atoms with E-state index in [9.17, 15) is 0 Å². The number of nitrogens with zero attached hydrogens (tertiary/aromatic N) is 1. The Hall–Kier alpha value is -0.0800. The Morgan fingerprint density at radius 2 is 1.64 bits per heavy atom. The third-order valence-electron chi connectivity index (χ3n) is 2.37. The van der Waals surface area contributed by atoms with E-state index in [2.05, 4.69) is 46.4 Å². The number of rotatable bonds is 6. The molecule has 0 unspecified atom stereocenters. The lowest BCUT2D eigenvalue weighted by Crippen LogP contribution is -2.41. The van der Waals surface area contributed by atoms with Crippen molar-refractivity contribution in [2.45, 2.75) is 59.5 Å². The standard InChI is InChI=1S/C12H28N2/c1-10(2)9-14(11(3)4)8-7-12(5,6)13/h10-11H,7-9,13H2,1-6H3. The highest BCUT2D eigenvalue weighted by Crippen LogP contribution is 2.10. The van der Waals surface area contributed by atoms with E-state index in [0.717, 1.165) is 18.9 Å². The molecule has 0 spiro atoms. The Balaban J connectivity index is 3.98. The van der Waals surface area contributed by atoms with Crippen LogP contribution >= 0.6 is 0 Å². The molecule has 14 heavy (non-hydrogen) atoms. The Morgan fingerprint density at radius 3 is 1.93 bits per heavy atom. The monoisotopic (exact) mass is 200 g/mol. The van der Waals surface area contributed by atoms with Crippen LogP contribution in [0.2, 0.25) is 0 Å². The van der Waals surface area contributed by atoms with Crippen molar-refractivity contribution in [2.75, 3.05) is 13.1 Å². The van der Waals surface area contributed by atoms with Crippen molar-refractivity contribution in [1.29, 1.82) is 0 Å². The van der Waals surface area contributed by atoms with Gasteiger partial charge in [-0.2, -0.15) is 0 Å². The summed E-state index contributed by atoms with van der Waals surface area (Å²) in [6.45, 7) is 15.5. The highest BCUT2D eigenvalue weighted by atomic mass is 15.1. The summed E-state index contributed by atoms with van der Waals surface area (Å²) in [5, 5.41) is 0. The van der Waals surface area contributed by atoms with Gasteiger partial charge in [0.15, 0.2) is 0 Å². The summed E-state index contributed by atoms with van der Waals surface area (Å²) >= 11 is 0. The molecule has 0 fully saturated rings. The van der Waals surface area contributed by atoms with Gasteiger partial charge in [-0.05, 0) is 40.0 Å². The highest BCUT2D eigenvalue weighted by Gasteiger charge is 2.16. The van der Waals surface area contributed by atoms with Crippen molar-refractivity contribution in [1.82, 2.24) is 4.90 Å². The molecule has 0 radical (unpaired) electrons. The fraction of sp³-hybridized carbons (Fsp3) is 1.00. The van der Waals surface area contributed by atoms with E-state index in [1.807, 2.05) is 0 Å². The molecule has 2 nitrogen and oxygen atoms in total. The quantitative estimate of drug-likeness (QED) is 0.714. The molecule has 2 N–H and O–H groups in total. The normalized spacial score (nSPS) is 13.3. The minimum absolute atomic E-state index is 0.0376. The van der Waals surface area contributed by atoms with Crippen molar-refractivity contribution in [3.05, 3.63) is 0 Å². The van der Waals surface area contributed by atoms with Crippen LogP contribution in [0.3, 0.4) is 0 Å². The van der Waals surface area contributed by atoms with Crippen LogP contribution < -0.4 is 5.73 Å². The van der Waals surface area contributed by atoms with E-state index in [0.29, 0.717) is 6.04 Å². The molecule has 86 valence electrons. The van der Waals surface area contributed by atoms with E-state index in [-0.39, 0.29) is 5.54 Å². The molecule has 0 aliphatic carbocycles. The Bertz CT molecular complexity index is 145. The fourth-order valence-electron chi connectivity index (χ4n) is 1.46. The van der Waals surface area contributed by atoms with Crippen LogP contribution in [0.5, 0.6) is 0 Å². The van der Waals surface area contributed by atoms with Gasteiger partial charge in [0.25, 0.3) is 0 Å². The Labute approximate surface area is 89.9 Å². The zero-order valence-corrected chi connectivity index (χ0v) is 10.8. The van der Waals surface area contributed by atoms with E-state index < -0.39 is 0 Å². The van der Waals surface area contributed by atoms with Gasteiger partial charge in [0.1, 0.15) is 0 Å². The van der Waals surface area contributed by atoms with Gasteiger partial charge < -0.3 is 10.6 Å². The molecule has 0 aliphatic heterocycles. The molecule has 0 saturated carbocycles. The molecule has 0 aliphatic rings. The first kappa shape index (κ1) is 13.9. The van der Waals surface area contributed by atoms with E-state index in [1.165, 1.54) is 6.54 Å². The number of nitrogens with two attached hydrogens (primary N) is 1. The van der Waals surface area contributed by atoms with Crippen LogP contribution in [0, 0.1) is 5.92 Å². The summed E-state index contributed by atoms with van der Waals surface area (Å²) in [6, 6.07) is 0.625. The summed E-state index contributed by atoms with van der Waals surface area (Å²) < 4.78 is 0. The van der Waals surface area contributed by atoms with Gasteiger partial charge in [-0.25, -0.2) is 0 Å². The predicted molar refractivity (Wildman–Crippen MR) is 64.4 cm³/mol. The maximum atomic E-state index is 5.99. The third kappa shape index (κ3) is 7.34. The van der Waals surface area contributed by atoms with Crippen LogP contribution in [-0.4, -0.2) is 29.6 Å². The predicted octanol–water partition coefficient (Wildman–Crippen LogP) is 2.48. The zero-order valence-electron chi connectivity index (χ0n) is 10.8. The minimum atomic E-state index is -0.0376. The van der Waals surface area contributed by atoms with Gasteiger partial charge in [0.05, 0.1) is 0 Å². The van der Waals surface area contributed by atoms with Crippen LogP contribution in [-0.2, 0) is 0 Å². The molecular weight excluding hydrogens is 172 g/mol. The fourth-order valence-corrected chi connectivity index (χ4v) is 1.46. The smallest absolute Gasteiger partial charge is 0.0109 e. The van der Waals surface area contributed by atoms with Gasteiger partial charge in [-0.3, -0.25) is 0 Å². The molecule has 0 aromatic rings. The molecule has 0 aromatic heterocycles. The van der Waals surface area contributed by atoms with Gasteiger partial charge in [0, 0.05) is 24.7 Å². The summed E-state index contributed by atoms with van der Waals surface area (Å²) in [7, 11) is 0. The van der Waals surface area contributed by atoms with Crippen LogP contribution in [0.1, 0.15) is 48.0 Å². The van der Waals surface area contributed by atoms with E-state index in [4.69, 9.17) is 5.73 Å². The first-order valence-electron chi connectivity index (χ1n) is 5.75. The number of hydrogen-bond acceptors (Lipinski definition) is 2. The first-order chi connectivity index (χ1) is 6.22. The van der Waals surface area contributed by atoms with Crippen LogP contribution in [0.25, 0.3) is 0 Å². The third-order valence-corrected chi connectivity index (χ3v) is 2.37. The molecule has 0 saturated heterocycles. The minimum Gasteiger partial charge on any atom is -0.326 e. The molecule has 0 rings (SSSR count). The molecule has 0 amide bonds. The molecule has 0 heterocycles. The van der Waals surface area contributed by atoms with Gasteiger partial charge >= 0.3 is 0 Å². The lowest BCUT2D eigenvalue weighted by Gasteiger charge is -2.31. The second kappa shape index (κ2) is 5.72. The van der Waals surface area contributed by atoms with Crippen molar-refractivity contribution in [3.63, 3.8) is 0 Å². The first-order valence-corrected chi connectivity index (χ1v) is 5.75. The topological polar surface area (TPSA) is 29.3 Å². The zero-order chi connectivity index (χ0) is 11.4. The van der Waals surface area contributed by atoms with Crippen molar-refractivity contribution in [3.8, 4) is 0 Å². The van der Waals surface area contributed by atoms with Crippen molar-refractivity contribution in [2.24, 2.45) is 11.7 Å². The van der Waals surface area contributed by atoms with Gasteiger partial charge in [-0.1, -0.05) is 13.8 Å². The summed E-state index contributed by atoms with van der Waals surface area (Å²) in [5.41, 5.74) is 5.95. The van der Waals surface area contributed by atoms with Crippen molar-refractivity contribution < 1.29 is 0 Å². The Morgan fingerprint density at radius 1 is 1.14 bits per heavy atom. The summed E-state index contributed by atoms with van der Waals surface area (Å²) in [4.78, 5) is 2.51. The average molecular weight is 200 g/mol. The largest absolute Gasteiger partial charge is 0.326 e. The maximum Gasteiger partial charge on any atom is 0.0109 e. The van der Waals surface area contributed by atoms with E-state index >= 15 is 0 Å².